The second-order valence-electron chi connectivity index (χ2n) is 7.38. The Kier molecular flexibility index (Phi) is 5.73. The maximum absolute atomic E-state index is 6.47. The van der Waals surface area contributed by atoms with Gasteiger partial charge in [0.1, 0.15) is 0 Å². The zero-order valence-electron chi connectivity index (χ0n) is 14.0. The first kappa shape index (κ1) is 16.8. The van der Waals surface area contributed by atoms with Crippen LogP contribution in [-0.4, -0.2) is 21.9 Å². The number of hydrogen-bond donors (Lipinski definition) is 1. The smallest absolute Gasteiger partial charge is 0.0820 e. The molecule has 1 fully saturated rings. The molecule has 4 heteroatoms. The molecule has 120 valence electrons. The van der Waals surface area contributed by atoms with Crippen LogP contribution < -0.4 is 5.32 Å². The van der Waals surface area contributed by atoms with E-state index in [2.05, 4.69) is 42.8 Å². The van der Waals surface area contributed by atoms with Gasteiger partial charge < -0.3 is 5.32 Å². The van der Waals surface area contributed by atoms with Gasteiger partial charge in [0, 0.05) is 18.0 Å². The Balaban J connectivity index is 2.16. The van der Waals surface area contributed by atoms with Gasteiger partial charge in [-0.25, -0.2) is 0 Å². The van der Waals surface area contributed by atoms with Gasteiger partial charge in [0.2, 0.25) is 0 Å². The van der Waals surface area contributed by atoms with Crippen molar-refractivity contribution in [1.29, 1.82) is 0 Å². The number of halogens is 1. The summed E-state index contributed by atoms with van der Waals surface area (Å²) in [5.74, 6) is 1.22. The average molecular weight is 312 g/mol. The fourth-order valence-electron chi connectivity index (χ4n) is 3.38. The van der Waals surface area contributed by atoms with Gasteiger partial charge in [-0.3, -0.25) is 4.68 Å². The van der Waals surface area contributed by atoms with Gasteiger partial charge in [0.25, 0.3) is 0 Å². The molecule has 3 nitrogen and oxygen atoms in total. The van der Waals surface area contributed by atoms with E-state index in [1.54, 1.807) is 0 Å². The summed E-state index contributed by atoms with van der Waals surface area (Å²) in [6.45, 7) is 10.9. The minimum Gasteiger partial charge on any atom is -0.312 e. The second kappa shape index (κ2) is 7.15. The van der Waals surface area contributed by atoms with E-state index in [0.717, 1.165) is 24.5 Å². The van der Waals surface area contributed by atoms with E-state index in [1.807, 2.05) is 6.20 Å². The van der Waals surface area contributed by atoms with Crippen LogP contribution in [0.3, 0.4) is 0 Å². The zero-order chi connectivity index (χ0) is 15.5. The Labute approximate surface area is 134 Å². The highest BCUT2D eigenvalue weighted by molar-refractivity contribution is 6.31. The molecule has 0 aromatic carbocycles. The predicted octanol–water partition coefficient (Wildman–Crippen LogP) is 4.61. The number of nitrogens with one attached hydrogen (secondary N) is 1. The molecule has 0 radical (unpaired) electrons. The third-order valence-corrected chi connectivity index (χ3v) is 4.71. The molecule has 1 aromatic heterocycles. The fourth-order valence-corrected chi connectivity index (χ4v) is 3.66. The third kappa shape index (κ3) is 4.46. The Hall–Kier alpha value is -0.540. The van der Waals surface area contributed by atoms with Gasteiger partial charge in [-0.05, 0) is 52.5 Å². The maximum Gasteiger partial charge on any atom is 0.0820 e. The van der Waals surface area contributed by atoms with Crippen LogP contribution >= 0.6 is 11.6 Å². The van der Waals surface area contributed by atoms with Crippen molar-refractivity contribution in [3.8, 4) is 0 Å². The molecule has 2 rings (SSSR count). The van der Waals surface area contributed by atoms with E-state index in [1.165, 1.54) is 31.4 Å². The molecule has 2 unspecified atom stereocenters. The van der Waals surface area contributed by atoms with Crippen LogP contribution in [0.15, 0.2) is 6.20 Å². The van der Waals surface area contributed by atoms with Crippen LogP contribution in [0.2, 0.25) is 5.02 Å². The monoisotopic (exact) mass is 311 g/mol. The van der Waals surface area contributed by atoms with Crippen molar-refractivity contribution in [2.45, 2.75) is 77.8 Å². The topological polar surface area (TPSA) is 29.9 Å². The van der Waals surface area contributed by atoms with Crippen molar-refractivity contribution in [3.63, 3.8) is 0 Å². The number of rotatable bonds is 5. The van der Waals surface area contributed by atoms with E-state index in [0.29, 0.717) is 11.8 Å². The Morgan fingerprint density at radius 1 is 1.33 bits per heavy atom. The number of nitrogens with zero attached hydrogens (tertiary/aromatic N) is 2. The normalized spacial score (nSPS) is 23.5. The van der Waals surface area contributed by atoms with Gasteiger partial charge in [-0.15, -0.1) is 0 Å². The minimum absolute atomic E-state index is 0.176. The van der Waals surface area contributed by atoms with Crippen LogP contribution in [0, 0.1) is 5.92 Å². The van der Waals surface area contributed by atoms with Gasteiger partial charge in [0.15, 0.2) is 0 Å². The summed E-state index contributed by atoms with van der Waals surface area (Å²) in [6, 6.07) is 0. The lowest BCUT2D eigenvalue weighted by Crippen LogP contribution is -2.41. The average Bonchev–Trinajstić information content (AvgIpc) is 2.77. The lowest BCUT2D eigenvalue weighted by molar-refractivity contribution is 0.260. The first-order chi connectivity index (χ1) is 9.92. The first-order valence-electron chi connectivity index (χ1n) is 8.38. The largest absolute Gasteiger partial charge is 0.312 e. The van der Waals surface area contributed by atoms with Crippen molar-refractivity contribution in [2.24, 2.45) is 5.92 Å². The van der Waals surface area contributed by atoms with Crippen LogP contribution in [0.1, 0.15) is 71.4 Å². The number of hydrogen-bond acceptors (Lipinski definition) is 2. The standard InChI is InChI=1S/C17H30ClN3/c1-5-10-21-16(15(18)12-20-21)14-9-7-6-8-13(14)11-19-17(2,3)4/h12-14,19H,5-11H2,1-4H3. The second-order valence-corrected chi connectivity index (χ2v) is 7.79. The Morgan fingerprint density at radius 3 is 2.71 bits per heavy atom. The molecule has 0 saturated heterocycles. The summed E-state index contributed by atoms with van der Waals surface area (Å²) in [5, 5.41) is 9.03. The summed E-state index contributed by atoms with van der Waals surface area (Å²) in [5.41, 5.74) is 1.45. The van der Waals surface area contributed by atoms with Crippen LogP contribution in [0.25, 0.3) is 0 Å². The maximum atomic E-state index is 6.47. The lowest BCUT2D eigenvalue weighted by atomic mass is 9.77. The number of aryl methyl sites for hydroxylation is 1. The van der Waals surface area contributed by atoms with Crippen LogP contribution in [0.5, 0.6) is 0 Å². The summed E-state index contributed by atoms with van der Waals surface area (Å²) < 4.78 is 2.14. The highest BCUT2D eigenvalue weighted by atomic mass is 35.5. The molecule has 1 aliphatic carbocycles. The van der Waals surface area contributed by atoms with Gasteiger partial charge >= 0.3 is 0 Å². The first-order valence-corrected chi connectivity index (χ1v) is 8.76. The summed E-state index contributed by atoms with van der Waals surface area (Å²) >= 11 is 6.47. The Morgan fingerprint density at radius 2 is 2.05 bits per heavy atom. The van der Waals surface area contributed by atoms with Crippen molar-refractivity contribution in [3.05, 3.63) is 16.9 Å². The molecule has 0 amide bonds. The van der Waals surface area contributed by atoms with Gasteiger partial charge in [-0.1, -0.05) is 31.4 Å². The molecule has 1 heterocycles. The highest BCUT2D eigenvalue weighted by Crippen LogP contribution is 2.40. The van der Waals surface area contributed by atoms with Crippen molar-refractivity contribution in [1.82, 2.24) is 15.1 Å². The summed E-state index contributed by atoms with van der Waals surface area (Å²) in [7, 11) is 0. The van der Waals surface area contributed by atoms with Crippen LogP contribution in [-0.2, 0) is 6.54 Å². The molecular formula is C17H30ClN3. The van der Waals surface area contributed by atoms with E-state index in [9.17, 15) is 0 Å². The van der Waals surface area contributed by atoms with Crippen molar-refractivity contribution >= 4 is 11.6 Å². The molecule has 21 heavy (non-hydrogen) atoms. The van der Waals surface area contributed by atoms with Crippen molar-refractivity contribution in [2.75, 3.05) is 6.54 Å². The number of aromatic nitrogens is 2. The zero-order valence-corrected chi connectivity index (χ0v) is 14.7. The molecule has 1 aromatic rings. The molecular weight excluding hydrogens is 282 g/mol. The minimum atomic E-state index is 0.176. The molecule has 1 aliphatic rings. The fraction of sp³-hybridized carbons (Fsp3) is 0.824. The highest BCUT2D eigenvalue weighted by Gasteiger charge is 2.31. The molecule has 0 aliphatic heterocycles. The molecule has 1 N–H and O–H groups in total. The van der Waals surface area contributed by atoms with Gasteiger partial charge in [-0.2, -0.15) is 5.10 Å². The lowest BCUT2D eigenvalue weighted by Gasteiger charge is -2.34. The van der Waals surface area contributed by atoms with E-state index < -0.39 is 0 Å². The Bertz CT molecular complexity index is 447. The summed E-state index contributed by atoms with van der Waals surface area (Å²) in [4.78, 5) is 0. The SMILES string of the molecule is CCCn1ncc(Cl)c1C1CCCCC1CNC(C)(C)C. The summed E-state index contributed by atoms with van der Waals surface area (Å²) in [6.07, 6.45) is 8.11. The van der Waals surface area contributed by atoms with E-state index in [4.69, 9.17) is 11.6 Å². The van der Waals surface area contributed by atoms with Crippen LogP contribution in [0.4, 0.5) is 0 Å². The van der Waals surface area contributed by atoms with E-state index >= 15 is 0 Å². The van der Waals surface area contributed by atoms with Crippen molar-refractivity contribution < 1.29 is 0 Å². The third-order valence-electron chi connectivity index (χ3n) is 4.42. The van der Waals surface area contributed by atoms with E-state index in [-0.39, 0.29) is 5.54 Å². The van der Waals surface area contributed by atoms with Gasteiger partial charge in [0.05, 0.1) is 16.9 Å². The molecule has 1 saturated carbocycles. The predicted molar refractivity (Wildman–Crippen MR) is 90.0 cm³/mol. The quantitative estimate of drug-likeness (QED) is 0.860. The molecule has 0 spiro atoms. The molecule has 2 atom stereocenters. The molecule has 0 bridgehead atoms.